The van der Waals surface area contributed by atoms with Gasteiger partial charge in [0.1, 0.15) is 30.5 Å². The number of likely N-dealkylation sites (N-methyl/N-ethyl adjacent to an activating group) is 1. The molecule has 4 rings (SSSR count). The highest BCUT2D eigenvalue weighted by molar-refractivity contribution is 6.01. The van der Waals surface area contributed by atoms with Gasteiger partial charge in [-0.05, 0) is 30.2 Å². The number of amides is 2. The Morgan fingerprint density at radius 3 is 2.77 bits per heavy atom. The number of morpholine rings is 1. The average molecular weight is 484 g/mol. The van der Waals surface area contributed by atoms with Gasteiger partial charge in [-0.3, -0.25) is 14.5 Å². The molecule has 1 atom stereocenters. The van der Waals surface area contributed by atoms with Gasteiger partial charge in [-0.25, -0.2) is 4.39 Å². The fourth-order valence-corrected chi connectivity index (χ4v) is 4.51. The number of nitrogens with one attached hydrogen (secondary N) is 1. The molecule has 186 valence electrons. The summed E-state index contributed by atoms with van der Waals surface area (Å²) in [6.07, 6.45) is 1.14. The minimum absolute atomic E-state index is 0.0122. The Bertz CT molecular complexity index is 1090. The molecule has 8 nitrogen and oxygen atoms in total. The quantitative estimate of drug-likeness (QED) is 0.522. The van der Waals surface area contributed by atoms with Gasteiger partial charge in [0.05, 0.1) is 19.8 Å². The van der Waals surface area contributed by atoms with Crippen LogP contribution >= 0.6 is 0 Å². The van der Waals surface area contributed by atoms with E-state index in [0.717, 1.165) is 24.9 Å². The predicted molar refractivity (Wildman–Crippen MR) is 126 cm³/mol. The summed E-state index contributed by atoms with van der Waals surface area (Å²) in [6, 6.07) is 9.54. The molecule has 35 heavy (non-hydrogen) atoms. The van der Waals surface area contributed by atoms with E-state index < -0.39 is 6.04 Å². The minimum atomic E-state index is -0.755. The van der Waals surface area contributed by atoms with Crippen LogP contribution in [0.5, 0.6) is 5.75 Å². The highest BCUT2D eigenvalue weighted by Gasteiger charge is 2.37. The fraction of sp³-hybridized carbons (Fsp3) is 0.423. The Hall–Kier alpha value is -3.30. The van der Waals surface area contributed by atoms with Crippen molar-refractivity contribution in [1.29, 1.82) is 0 Å². The first-order valence-electron chi connectivity index (χ1n) is 11.8. The number of fused-ring (bicyclic) bond motifs is 1. The monoisotopic (exact) mass is 483 g/mol. The van der Waals surface area contributed by atoms with Gasteiger partial charge in [0.15, 0.2) is 0 Å². The second-order valence-corrected chi connectivity index (χ2v) is 8.69. The molecule has 1 unspecified atom stereocenters. The molecule has 1 saturated heterocycles. The molecule has 0 aliphatic carbocycles. The van der Waals surface area contributed by atoms with Gasteiger partial charge in [0.2, 0.25) is 5.91 Å². The Kier molecular flexibility index (Phi) is 8.09. The Morgan fingerprint density at radius 2 is 2.06 bits per heavy atom. The van der Waals surface area contributed by atoms with Gasteiger partial charge >= 0.3 is 0 Å². The third kappa shape index (κ3) is 5.68. The first-order valence-corrected chi connectivity index (χ1v) is 11.8. The maximum atomic E-state index is 14.8. The number of carbonyl (C=O) groups is 3. The van der Waals surface area contributed by atoms with Crippen LogP contribution in [0.25, 0.3) is 0 Å². The molecule has 1 fully saturated rings. The van der Waals surface area contributed by atoms with E-state index in [1.54, 1.807) is 24.3 Å². The summed E-state index contributed by atoms with van der Waals surface area (Å²) in [4.78, 5) is 40.0. The molecule has 9 heteroatoms. The largest absolute Gasteiger partial charge is 0.488 e. The van der Waals surface area contributed by atoms with Gasteiger partial charge in [-0.1, -0.05) is 18.2 Å². The van der Waals surface area contributed by atoms with Crippen molar-refractivity contribution >= 4 is 18.1 Å². The Morgan fingerprint density at radius 1 is 1.26 bits per heavy atom. The summed E-state index contributed by atoms with van der Waals surface area (Å²) >= 11 is 0. The molecule has 1 N–H and O–H groups in total. The van der Waals surface area contributed by atoms with Crippen LogP contribution in [0.4, 0.5) is 4.39 Å². The molecule has 2 aliphatic heterocycles. The first-order chi connectivity index (χ1) is 17.0. The molecule has 2 aromatic carbocycles. The lowest BCUT2D eigenvalue weighted by Gasteiger charge is -2.26. The number of benzene rings is 2. The van der Waals surface area contributed by atoms with Crippen molar-refractivity contribution in [2.75, 3.05) is 33.4 Å². The van der Waals surface area contributed by atoms with E-state index >= 15 is 0 Å². The van der Waals surface area contributed by atoms with Gasteiger partial charge in [-0.15, -0.1) is 0 Å². The van der Waals surface area contributed by atoms with Gasteiger partial charge in [0, 0.05) is 49.8 Å². The van der Waals surface area contributed by atoms with Gasteiger partial charge in [0.25, 0.3) is 5.91 Å². The van der Waals surface area contributed by atoms with Crippen LogP contribution in [0.1, 0.15) is 39.9 Å². The second-order valence-electron chi connectivity index (χ2n) is 8.69. The third-order valence-corrected chi connectivity index (χ3v) is 6.45. The fourth-order valence-electron chi connectivity index (χ4n) is 4.51. The molecule has 2 aromatic rings. The van der Waals surface area contributed by atoms with Gasteiger partial charge < -0.3 is 24.5 Å². The van der Waals surface area contributed by atoms with Gasteiger partial charge in [-0.2, -0.15) is 0 Å². The number of ether oxygens (including phenoxy) is 2. The zero-order chi connectivity index (χ0) is 24.8. The summed E-state index contributed by atoms with van der Waals surface area (Å²) in [6.45, 7) is 3.91. The normalized spacial score (nSPS) is 16.6. The smallest absolute Gasteiger partial charge is 0.255 e. The second kappa shape index (κ2) is 11.4. The van der Waals surface area contributed by atoms with Crippen LogP contribution in [0, 0.1) is 5.82 Å². The van der Waals surface area contributed by atoms with E-state index in [9.17, 15) is 18.8 Å². The minimum Gasteiger partial charge on any atom is -0.488 e. The lowest BCUT2D eigenvalue weighted by molar-refractivity contribution is -0.125. The van der Waals surface area contributed by atoms with E-state index in [2.05, 4.69) is 10.2 Å². The molecule has 0 aromatic heterocycles. The number of hydrogen-bond donors (Lipinski definition) is 1. The average Bonchev–Trinajstić information content (AvgIpc) is 3.21. The molecule has 0 spiro atoms. The standard InChI is InChI=1S/C26H30FN3O5/c1-28-25(32)23(5-3-11-31)30-16-21-20(26(30)33)4-2-6-24(21)35-17-19-8-7-18(14-22(19)27)15-29-9-12-34-13-10-29/h2,4,6-8,11,14,23H,3,5,9-10,12-13,15-17H2,1H3,(H,28,32). The molecule has 0 bridgehead atoms. The Labute approximate surface area is 204 Å². The van der Waals surface area contributed by atoms with Crippen molar-refractivity contribution in [2.45, 2.75) is 38.6 Å². The van der Waals surface area contributed by atoms with E-state index in [4.69, 9.17) is 9.47 Å². The molecule has 2 heterocycles. The van der Waals surface area contributed by atoms with Crippen molar-refractivity contribution < 1.29 is 28.2 Å². The number of aldehydes is 1. The highest BCUT2D eigenvalue weighted by Crippen LogP contribution is 2.33. The van der Waals surface area contributed by atoms with Crippen LogP contribution in [-0.2, 0) is 34.0 Å². The van der Waals surface area contributed by atoms with Crippen molar-refractivity contribution in [3.8, 4) is 5.75 Å². The van der Waals surface area contributed by atoms with Crippen LogP contribution < -0.4 is 10.1 Å². The number of hydrogen-bond acceptors (Lipinski definition) is 6. The number of nitrogens with zero attached hydrogens (tertiary/aromatic N) is 2. The molecular weight excluding hydrogens is 453 g/mol. The van der Waals surface area contributed by atoms with Crippen molar-refractivity contribution in [2.24, 2.45) is 0 Å². The SMILES string of the molecule is CNC(=O)C(CCC=O)N1Cc2c(OCc3ccc(CN4CCOCC4)cc3F)cccc2C1=O. The molecule has 2 amide bonds. The van der Waals surface area contributed by atoms with Crippen LogP contribution in [0.3, 0.4) is 0 Å². The summed E-state index contributed by atoms with van der Waals surface area (Å²) in [5, 5.41) is 2.56. The van der Waals surface area contributed by atoms with Crippen LogP contribution in [0.15, 0.2) is 36.4 Å². The predicted octanol–water partition coefficient (Wildman–Crippen LogP) is 2.29. The van der Waals surface area contributed by atoms with Crippen molar-refractivity contribution in [3.05, 3.63) is 64.5 Å². The highest BCUT2D eigenvalue weighted by atomic mass is 19.1. The Balaban J connectivity index is 1.45. The summed E-state index contributed by atoms with van der Waals surface area (Å²) in [5.74, 6) is -0.478. The maximum Gasteiger partial charge on any atom is 0.255 e. The van der Waals surface area contributed by atoms with Crippen LogP contribution in [0.2, 0.25) is 0 Å². The molecule has 2 aliphatic rings. The summed E-state index contributed by atoms with van der Waals surface area (Å²) in [5.41, 5.74) is 2.42. The third-order valence-electron chi connectivity index (χ3n) is 6.45. The zero-order valence-electron chi connectivity index (χ0n) is 19.8. The van der Waals surface area contributed by atoms with Crippen molar-refractivity contribution in [3.63, 3.8) is 0 Å². The van der Waals surface area contributed by atoms with E-state index in [1.807, 2.05) is 6.07 Å². The van der Waals surface area contributed by atoms with E-state index in [0.29, 0.717) is 42.2 Å². The maximum absolute atomic E-state index is 14.8. The summed E-state index contributed by atoms with van der Waals surface area (Å²) < 4.78 is 26.1. The van der Waals surface area contributed by atoms with E-state index in [-0.39, 0.29) is 43.6 Å². The van der Waals surface area contributed by atoms with E-state index in [1.165, 1.54) is 18.0 Å². The number of halogens is 1. The zero-order valence-corrected chi connectivity index (χ0v) is 19.8. The molecular formula is C26H30FN3O5. The first kappa shape index (κ1) is 24.8. The molecule has 0 radical (unpaired) electrons. The van der Waals surface area contributed by atoms with Crippen molar-refractivity contribution in [1.82, 2.24) is 15.1 Å². The molecule has 0 saturated carbocycles. The number of carbonyl (C=O) groups excluding carboxylic acids is 3. The van der Waals surface area contributed by atoms with Crippen LogP contribution in [-0.4, -0.2) is 67.3 Å². The lowest BCUT2D eigenvalue weighted by atomic mass is 10.1. The number of rotatable bonds is 10. The summed E-state index contributed by atoms with van der Waals surface area (Å²) in [7, 11) is 1.50. The lowest BCUT2D eigenvalue weighted by Crippen LogP contribution is -2.46. The topological polar surface area (TPSA) is 88.2 Å².